The quantitative estimate of drug-likeness (QED) is 0.634. The highest BCUT2D eigenvalue weighted by molar-refractivity contribution is 6.20. The highest BCUT2D eigenvalue weighted by atomic mass is 35.5. The van der Waals surface area contributed by atoms with E-state index in [4.69, 9.17) is 11.6 Å². The van der Waals surface area contributed by atoms with Gasteiger partial charge in [0.1, 0.15) is 0 Å². The van der Waals surface area contributed by atoms with Crippen LogP contribution in [0.1, 0.15) is 30.0 Å². The molecule has 0 N–H and O–H groups in total. The van der Waals surface area contributed by atoms with Gasteiger partial charge in [0.05, 0.1) is 0 Å². The Morgan fingerprint density at radius 3 is 2.85 bits per heavy atom. The summed E-state index contributed by atoms with van der Waals surface area (Å²) >= 11 is 5.96. The lowest BCUT2D eigenvalue weighted by Crippen LogP contribution is -1.97. The van der Waals surface area contributed by atoms with Gasteiger partial charge in [-0.3, -0.25) is 0 Å². The van der Waals surface area contributed by atoms with Gasteiger partial charge in [-0.15, -0.1) is 11.6 Å². The SMILES string of the molecule is CC(Cl)Cc1ccc2c(c1)CCC2. The first-order chi connectivity index (χ1) is 6.25. The number of aryl methyl sites for hydroxylation is 2. The van der Waals surface area contributed by atoms with Crippen molar-refractivity contribution in [3.63, 3.8) is 0 Å². The molecule has 0 aromatic heterocycles. The Morgan fingerprint density at radius 1 is 1.31 bits per heavy atom. The van der Waals surface area contributed by atoms with Crippen LogP contribution in [0.4, 0.5) is 0 Å². The normalized spacial score (nSPS) is 17.1. The molecular formula is C12H15Cl. The summed E-state index contributed by atoms with van der Waals surface area (Å²) in [5.74, 6) is 0. The van der Waals surface area contributed by atoms with Gasteiger partial charge in [-0.25, -0.2) is 0 Å². The number of hydrogen-bond donors (Lipinski definition) is 0. The number of fused-ring (bicyclic) bond motifs is 1. The smallest absolute Gasteiger partial charge is 0.0348 e. The molecule has 1 heteroatoms. The minimum atomic E-state index is 0.249. The highest BCUT2D eigenvalue weighted by Gasteiger charge is 2.11. The first-order valence-electron chi connectivity index (χ1n) is 5.00. The second-order valence-corrected chi connectivity index (χ2v) is 4.69. The van der Waals surface area contributed by atoms with E-state index >= 15 is 0 Å². The van der Waals surface area contributed by atoms with Crippen LogP contribution in [0.2, 0.25) is 0 Å². The van der Waals surface area contributed by atoms with Gasteiger partial charge in [0.15, 0.2) is 0 Å². The average Bonchev–Trinajstić information content (AvgIpc) is 2.49. The first kappa shape index (κ1) is 9.08. The summed E-state index contributed by atoms with van der Waals surface area (Å²) in [6.45, 7) is 2.05. The summed E-state index contributed by atoms with van der Waals surface area (Å²) in [4.78, 5) is 0. The van der Waals surface area contributed by atoms with Gasteiger partial charge in [-0.2, -0.15) is 0 Å². The minimum absolute atomic E-state index is 0.249. The highest BCUT2D eigenvalue weighted by Crippen LogP contribution is 2.23. The molecule has 0 spiro atoms. The maximum Gasteiger partial charge on any atom is 0.0348 e. The van der Waals surface area contributed by atoms with Gasteiger partial charge >= 0.3 is 0 Å². The van der Waals surface area contributed by atoms with Crippen LogP contribution in [-0.4, -0.2) is 5.38 Å². The number of benzene rings is 1. The Kier molecular flexibility index (Phi) is 2.59. The van der Waals surface area contributed by atoms with E-state index in [1.54, 1.807) is 11.1 Å². The molecule has 0 heterocycles. The Labute approximate surface area is 84.9 Å². The molecule has 1 atom stereocenters. The molecule has 0 saturated carbocycles. The van der Waals surface area contributed by atoms with E-state index in [0.29, 0.717) is 0 Å². The Bertz CT molecular complexity index is 302. The molecule has 13 heavy (non-hydrogen) atoms. The van der Waals surface area contributed by atoms with Crippen molar-refractivity contribution in [1.82, 2.24) is 0 Å². The van der Waals surface area contributed by atoms with Gasteiger partial charge in [0.2, 0.25) is 0 Å². The molecule has 0 nitrogen and oxygen atoms in total. The van der Waals surface area contributed by atoms with Gasteiger partial charge in [-0.05, 0) is 49.3 Å². The van der Waals surface area contributed by atoms with Crippen LogP contribution >= 0.6 is 11.6 Å². The van der Waals surface area contributed by atoms with Crippen molar-refractivity contribution in [1.29, 1.82) is 0 Å². The van der Waals surface area contributed by atoms with Crippen LogP contribution in [0.25, 0.3) is 0 Å². The second-order valence-electron chi connectivity index (χ2n) is 3.94. The summed E-state index contributed by atoms with van der Waals surface area (Å²) in [5.41, 5.74) is 4.49. The topological polar surface area (TPSA) is 0 Å². The van der Waals surface area contributed by atoms with E-state index in [-0.39, 0.29) is 5.38 Å². The Morgan fingerprint density at radius 2 is 2.08 bits per heavy atom. The molecule has 0 fully saturated rings. The van der Waals surface area contributed by atoms with Crippen molar-refractivity contribution >= 4 is 11.6 Å². The molecule has 1 aromatic carbocycles. The van der Waals surface area contributed by atoms with Crippen molar-refractivity contribution in [2.75, 3.05) is 0 Å². The van der Waals surface area contributed by atoms with E-state index in [1.165, 1.54) is 24.8 Å². The molecule has 1 unspecified atom stereocenters. The first-order valence-corrected chi connectivity index (χ1v) is 5.44. The predicted molar refractivity (Wildman–Crippen MR) is 57.5 cm³/mol. The van der Waals surface area contributed by atoms with Crippen LogP contribution < -0.4 is 0 Å². The van der Waals surface area contributed by atoms with Gasteiger partial charge in [0.25, 0.3) is 0 Å². The molecule has 0 amide bonds. The zero-order valence-electron chi connectivity index (χ0n) is 8.02. The van der Waals surface area contributed by atoms with Crippen molar-refractivity contribution < 1.29 is 0 Å². The molecule has 0 saturated heterocycles. The maximum atomic E-state index is 5.96. The number of hydrogen-bond acceptors (Lipinski definition) is 0. The third kappa shape index (κ3) is 2.05. The molecule has 0 bridgehead atoms. The summed E-state index contributed by atoms with van der Waals surface area (Å²) in [6.07, 6.45) is 4.86. The molecule has 0 aliphatic heterocycles. The van der Waals surface area contributed by atoms with E-state index < -0.39 is 0 Å². The Balaban J connectivity index is 2.21. The van der Waals surface area contributed by atoms with Crippen LogP contribution in [-0.2, 0) is 19.3 Å². The lowest BCUT2D eigenvalue weighted by atomic mass is 10.0. The van der Waals surface area contributed by atoms with Gasteiger partial charge in [0, 0.05) is 5.38 Å². The van der Waals surface area contributed by atoms with Crippen LogP contribution in [0.3, 0.4) is 0 Å². The van der Waals surface area contributed by atoms with E-state index in [9.17, 15) is 0 Å². The Hall–Kier alpha value is -0.490. The molecule has 1 aromatic rings. The fraction of sp³-hybridized carbons (Fsp3) is 0.500. The molecule has 1 aliphatic rings. The van der Waals surface area contributed by atoms with E-state index in [2.05, 4.69) is 25.1 Å². The zero-order chi connectivity index (χ0) is 9.26. The van der Waals surface area contributed by atoms with Crippen molar-refractivity contribution in [2.24, 2.45) is 0 Å². The van der Waals surface area contributed by atoms with Crippen LogP contribution in [0, 0.1) is 0 Å². The number of rotatable bonds is 2. The number of halogens is 1. The fourth-order valence-corrected chi connectivity index (χ4v) is 2.26. The fourth-order valence-electron chi connectivity index (χ4n) is 2.08. The maximum absolute atomic E-state index is 5.96. The van der Waals surface area contributed by atoms with Crippen molar-refractivity contribution in [3.8, 4) is 0 Å². The van der Waals surface area contributed by atoms with Gasteiger partial charge in [-0.1, -0.05) is 18.2 Å². The van der Waals surface area contributed by atoms with Crippen LogP contribution in [0.5, 0.6) is 0 Å². The largest absolute Gasteiger partial charge is 0.123 e. The summed E-state index contributed by atoms with van der Waals surface area (Å²) in [6, 6.07) is 6.83. The molecule has 0 radical (unpaired) electrons. The number of alkyl halides is 1. The van der Waals surface area contributed by atoms with Crippen molar-refractivity contribution in [2.45, 2.75) is 38.0 Å². The summed E-state index contributed by atoms with van der Waals surface area (Å²) in [7, 11) is 0. The molecule has 1 aliphatic carbocycles. The van der Waals surface area contributed by atoms with E-state index in [1.807, 2.05) is 0 Å². The summed E-state index contributed by atoms with van der Waals surface area (Å²) < 4.78 is 0. The summed E-state index contributed by atoms with van der Waals surface area (Å²) in [5, 5.41) is 0.249. The van der Waals surface area contributed by atoms with Gasteiger partial charge < -0.3 is 0 Å². The lowest BCUT2D eigenvalue weighted by Gasteiger charge is -2.05. The zero-order valence-corrected chi connectivity index (χ0v) is 8.77. The second kappa shape index (κ2) is 3.71. The standard InChI is InChI=1S/C12H15Cl/c1-9(13)7-10-5-6-11-3-2-4-12(11)8-10/h5-6,8-9H,2-4,7H2,1H3. The van der Waals surface area contributed by atoms with Crippen molar-refractivity contribution in [3.05, 3.63) is 34.9 Å². The third-order valence-corrected chi connectivity index (χ3v) is 2.83. The molecular weight excluding hydrogens is 180 g/mol. The van der Waals surface area contributed by atoms with Crippen LogP contribution in [0.15, 0.2) is 18.2 Å². The lowest BCUT2D eigenvalue weighted by molar-refractivity contribution is 0.908. The third-order valence-electron chi connectivity index (χ3n) is 2.68. The molecule has 2 rings (SSSR count). The van der Waals surface area contributed by atoms with E-state index in [0.717, 1.165) is 6.42 Å². The average molecular weight is 195 g/mol. The predicted octanol–water partition coefficient (Wildman–Crippen LogP) is 3.35. The molecule has 70 valence electrons. The monoisotopic (exact) mass is 194 g/mol. The minimum Gasteiger partial charge on any atom is -0.123 e.